The quantitative estimate of drug-likeness (QED) is 0.821. The number of hydrogen-bond acceptors (Lipinski definition) is 2. The number of benzene rings is 1. The van der Waals surface area contributed by atoms with Gasteiger partial charge in [-0.1, -0.05) is 41.5 Å². The van der Waals surface area contributed by atoms with Crippen LogP contribution < -0.4 is 0 Å². The van der Waals surface area contributed by atoms with Gasteiger partial charge in [0.05, 0.1) is 11.9 Å². The van der Waals surface area contributed by atoms with Crippen LogP contribution in [0.5, 0.6) is 5.75 Å². The minimum atomic E-state index is -0.103. The maximum absolute atomic E-state index is 10.9. The van der Waals surface area contributed by atoms with Crippen molar-refractivity contribution in [2.45, 2.75) is 71.8 Å². The van der Waals surface area contributed by atoms with Crippen LogP contribution in [0.15, 0.2) is 18.3 Å². The van der Waals surface area contributed by atoms with E-state index in [0.717, 1.165) is 24.1 Å². The fourth-order valence-electron chi connectivity index (χ4n) is 3.41. The van der Waals surface area contributed by atoms with Crippen LogP contribution in [-0.4, -0.2) is 14.7 Å². The van der Waals surface area contributed by atoms with E-state index in [4.69, 9.17) is 0 Å². The standard InChI is InChI=1S/C20H28N2O/c1-19(2,3)14-10-13(11-15(18(14)23)20(4,5)6)16-12-21-17-8-7-9-22(16)17/h10-12,23H,7-9H2,1-6H3. The van der Waals surface area contributed by atoms with E-state index in [1.54, 1.807) is 0 Å². The van der Waals surface area contributed by atoms with Crippen molar-refractivity contribution in [1.82, 2.24) is 9.55 Å². The van der Waals surface area contributed by atoms with Gasteiger partial charge in [-0.3, -0.25) is 0 Å². The van der Waals surface area contributed by atoms with Crippen molar-refractivity contribution in [1.29, 1.82) is 0 Å². The van der Waals surface area contributed by atoms with Crippen LogP contribution in [0.3, 0.4) is 0 Å². The van der Waals surface area contributed by atoms with E-state index >= 15 is 0 Å². The van der Waals surface area contributed by atoms with Crippen molar-refractivity contribution in [2.24, 2.45) is 0 Å². The number of phenolic OH excluding ortho intramolecular Hbond substituents is 1. The monoisotopic (exact) mass is 312 g/mol. The molecule has 2 aromatic rings. The van der Waals surface area contributed by atoms with Crippen molar-refractivity contribution in [3.8, 4) is 17.0 Å². The van der Waals surface area contributed by atoms with Crippen molar-refractivity contribution in [3.05, 3.63) is 35.3 Å². The average Bonchev–Trinajstić information content (AvgIpc) is 2.98. The van der Waals surface area contributed by atoms with Crippen LogP contribution in [0.25, 0.3) is 11.3 Å². The number of aromatic nitrogens is 2. The van der Waals surface area contributed by atoms with Gasteiger partial charge in [0.1, 0.15) is 11.6 Å². The highest BCUT2D eigenvalue weighted by molar-refractivity contribution is 5.66. The zero-order chi connectivity index (χ0) is 17.0. The molecule has 23 heavy (non-hydrogen) atoms. The summed E-state index contributed by atoms with van der Waals surface area (Å²) < 4.78 is 2.32. The zero-order valence-electron chi connectivity index (χ0n) is 15.2. The van der Waals surface area contributed by atoms with E-state index < -0.39 is 0 Å². The Balaban J connectivity index is 2.25. The van der Waals surface area contributed by atoms with Gasteiger partial charge in [0, 0.05) is 29.7 Å². The zero-order valence-corrected chi connectivity index (χ0v) is 15.2. The second-order valence-electron chi connectivity index (χ2n) is 8.73. The van der Waals surface area contributed by atoms with E-state index in [9.17, 15) is 5.11 Å². The van der Waals surface area contributed by atoms with E-state index in [2.05, 4.69) is 63.2 Å². The van der Waals surface area contributed by atoms with Gasteiger partial charge < -0.3 is 9.67 Å². The lowest BCUT2D eigenvalue weighted by Gasteiger charge is -2.28. The number of imidazole rings is 1. The van der Waals surface area contributed by atoms with Gasteiger partial charge in [-0.2, -0.15) is 0 Å². The summed E-state index contributed by atoms with van der Waals surface area (Å²) in [5, 5.41) is 10.9. The van der Waals surface area contributed by atoms with Crippen molar-refractivity contribution in [2.75, 3.05) is 0 Å². The van der Waals surface area contributed by atoms with Gasteiger partial charge in [0.2, 0.25) is 0 Å². The average molecular weight is 312 g/mol. The molecule has 1 aliphatic rings. The molecule has 0 unspecified atom stereocenters. The Morgan fingerprint density at radius 3 is 2.09 bits per heavy atom. The molecule has 0 bridgehead atoms. The smallest absolute Gasteiger partial charge is 0.123 e. The van der Waals surface area contributed by atoms with Gasteiger partial charge >= 0.3 is 0 Å². The summed E-state index contributed by atoms with van der Waals surface area (Å²) in [6.07, 6.45) is 4.22. The third-order valence-electron chi connectivity index (χ3n) is 4.74. The SMILES string of the molecule is CC(C)(C)c1cc(-c2cnc3n2CCC3)cc(C(C)(C)C)c1O. The topological polar surface area (TPSA) is 38.0 Å². The molecule has 1 aromatic heterocycles. The number of hydrogen-bond donors (Lipinski definition) is 1. The summed E-state index contributed by atoms with van der Waals surface area (Å²) in [5.74, 6) is 1.62. The first-order valence-corrected chi connectivity index (χ1v) is 8.52. The first-order chi connectivity index (χ1) is 10.6. The second-order valence-corrected chi connectivity index (χ2v) is 8.73. The van der Waals surface area contributed by atoms with E-state index in [1.807, 2.05) is 6.20 Å². The lowest BCUT2D eigenvalue weighted by molar-refractivity contribution is 0.423. The molecule has 0 amide bonds. The summed E-state index contributed by atoms with van der Waals surface area (Å²) in [7, 11) is 0. The van der Waals surface area contributed by atoms with Crippen LogP contribution in [0, 0.1) is 0 Å². The maximum Gasteiger partial charge on any atom is 0.123 e. The van der Waals surface area contributed by atoms with Gasteiger partial charge in [-0.05, 0) is 29.4 Å². The molecule has 1 N–H and O–H groups in total. The summed E-state index contributed by atoms with van der Waals surface area (Å²) >= 11 is 0. The van der Waals surface area contributed by atoms with Crippen molar-refractivity contribution in [3.63, 3.8) is 0 Å². The molecule has 3 heteroatoms. The lowest BCUT2D eigenvalue weighted by atomic mass is 9.78. The molecule has 0 fully saturated rings. The van der Waals surface area contributed by atoms with Crippen LogP contribution in [-0.2, 0) is 23.8 Å². The number of fused-ring (bicyclic) bond motifs is 1. The van der Waals surface area contributed by atoms with Gasteiger partial charge in [0.15, 0.2) is 0 Å². The Bertz CT molecular complexity index is 707. The highest BCUT2D eigenvalue weighted by Gasteiger charge is 2.28. The predicted molar refractivity (Wildman–Crippen MR) is 95.0 cm³/mol. The number of aryl methyl sites for hydroxylation is 1. The van der Waals surface area contributed by atoms with Crippen molar-refractivity contribution >= 4 is 0 Å². The largest absolute Gasteiger partial charge is 0.507 e. The predicted octanol–water partition coefficient (Wildman–Crippen LogP) is 4.80. The molecule has 3 rings (SSSR count). The van der Waals surface area contributed by atoms with Gasteiger partial charge in [-0.25, -0.2) is 4.98 Å². The van der Waals surface area contributed by atoms with Gasteiger partial charge in [-0.15, -0.1) is 0 Å². The Kier molecular flexibility index (Phi) is 3.58. The molecule has 2 heterocycles. The fraction of sp³-hybridized carbons (Fsp3) is 0.550. The van der Waals surface area contributed by atoms with Crippen LogP contribution in [0.2, 0.25) is 0 Å². The van der Waals surface area contributed by atoms with Crippen molar-refractivity contribution < 1.29 is 5.11 Å². The first-order valence-electron chi connectivity index (χ1n) is 8.52. The Morgan fingerprint density at radius 1 is 1.00 bits per heavy atom. The molecular weight excluding hydrogens is 284 g/mol. The number of rotatable bonds is 1. The molecule has 3 nitrogen and oxygen atoms in total. The highest BCUT2D eigenvalue weighted by Crippen LogP contribution is 2.42. The summed E-state index contributed by atoms with van der Waals surface area (Å²) in [6, 6.07) is 4.29. The maximum atomic E-state index is 10.9. The molecule has 0 atom stereocenters. The lowest BCUT2D eigenvalue weighted by Crippen LogP contribution is -2.17. The number of aromatic hydroxyl groups is 1. The van der Waals surface area contributed by atoms with Crippen LogP contribution in [0.4, 0.5) is 0 Å². The van der Waals surface area contributed by atoms with Gasteiger partial charge in [0.25, 0.3) is 0 Å². The summed E-state index contributed by atoms with van der Waals surface area (Å²) in [5.41, 5.74) is 4.15. The third kappa shape index (κ3) is 2.77. The molecular formula is C20H28N2O. The van der Waals surface area contributed by atoms with E-state index in [0.29, 0.717) is 5.75 Å². The minimum absolute atomic E-state index is 0.103. The molecule has 1 aliphatic heterocycles. The molecule has 0 aliphatic carbocycles. The molecule has 124 valence electrons. The normalized spacial score (nSPS) is 15.0. The number of phenols is 1. The Morgan fingerprint density at radius 2 is 1.57 bits per heavy atom. The fourth-order valence-corrected chi connectivity index (χ4v) is 3.41. The minimum Gasteiger partial charge on any atom is -0.507 e. The molecule has 0 radical (unpaired) electrons. The third-order valence-corrected chi connectivity index (χ3v) is 4.74. The summed E-state index contributed by atoms with van der Waals surface area (Å²) in [6.45, 7) is 14.0. The highest BCUT2D eigenvalue weighted by atomic mass is 16.3. The molecule has 0 spiro atoms. The van der Waals surface area contributed by atoms with E-state index in [-0.39, 0.29) is 10.8 Å². The summed E-state index contributed by atoms with van der Waals surface area (Å²) in [4.78, 5) is 4.58. The first kappa shape index (κ1) is 16.1. The Hall–Kier alpha value is -1.77. The number of nitrogens with zero attached hydrogens (tertiary/aromatic N) is 2. The molecule has 0 saturated heterocycles. The Labute approximate surface area is 139 Å². The molecule has 1 aromatic carbocycles. The van der Waals surface area contributed by atoms with Crippen LogP contribution in [0.1, 0.15) is 64.9 Å². The molecule has 0 saturated carbocycles. The van der Waals surface area contributed by atoms with Crippen LogP contribution >= 0.6 is 0 Å². The second kappa shape index (κ2) is 5.12. The van der Waals surface area contributed by atoms with E-state index in [1.165, 1.54) is 23.5 Å².